The first-order valence-electron chi connectivity index (χ1n) is 7.75. The van der Waals surface area contributed by atoms with Gasteiger partial charge < -0.3 is 16.4 Å². The Labute approximate surface area is 139 Å². The molecule has 0 saturated heterocycles. The minimum atomic E-state index is -0.673. The van der Waals surface area contributed by atoms with Crippen molar-refractivity contribution in [3.05, 3.63) is 47.7 Å². The average molecular weight is 319 g/mol. The fourth-order valence-electron chi connectivity index (χ4n) is 3.30. The maximum atomic E-state index is 11.4. The fraction of sp³-hybridized carbons (Fsp3) is 0.167. The number of hydrogen-bond donors (Lipinski definition) is 2. The number of carbonyl (C=O) groups is 1. The van der Waals surface area contributed by atoms with E-state index >= 15 is 0 Å². The summed E-state index contributed by atoms with van der Waals surface area (Å²) in [6, 6.07) is 12.1. The van der Waals surface area contributed by atoms with Crippen LogP contribution in [0.2, 0.25) is 0 Å². The molecular weight excluding hydrogens is 302 g/mol. The summed E-state index contributed by atoms with van der Waals surface area (Å²) >= 11 is 0. The van der Waals surface area contributed by atoms with Crippen LogP contribution >= 0.6 is 0 Å². The van der Waals surface area contributed by atoms with Crippen LogP contribution in [0.3, 0.4) is 0 Å². The zero-order valence-electron chi connectivity index (χ0n) is 13.3. The summed E-state index contributed by atoms with van der Waals surface area (Å²) in [6.07, 6.45) is 1.03. The number of nitrogens with two attached hydrogens (primary N) is 2. The van der Waals surface area contributed by atoms with Gasteiger partial charge in [0.15, 0.2) is 5.69 Å². The van der Waals surface area contributed by atoms with Crippen LogP contribution in [-0.2, 0) is 6.42 Å². The Balaban J connectivity index is 1.92. The summed E-state index contributed by atoms with van der Waals surface area (Å²) in [5.41, 5.74) is 16.9. The standard InChI is InChI=1S/C18H17N5O/c1-23-8-7-11-9-10(5-6-14(11)23)12-3-2-4-13-15(19)17(18(20)24)22-21-16(12)13/h2-6,9H,7-8H2,1H3,(H2,19,21)(H2,20,24). The van der Waals surface area contributed by atoms with Gasteiger partial charge in [-0.05, 0) is 29.7 Å². The van der Waals surface area contributed by atoms with Crippen LogP contribution in [0.5, 0.6) is 0 Å². The molecule has 2 aromatic carbocycles. The molecule has 24 heavy (non-hydrogen) atoms. The zero-order valence-corrected chi connectivity index (χ0v) is 13.3. The lowest BCUT2D eigenvalue weighted by molar-refractivity contribution is 0.0996. The third kappa shape index (κ3) is 2.07. The normalized spacial score (nSPS) is 13.3. The van der Waals surface area contributed by atoms with E-state index in [1.165, 1.54) is 11.3 Å². The van der Waals surface area contributed by atoms with Gasteiger partial charge in [0.05, 0.1) is 5.69 Å². The summed E-state index contributed by atoms with van der Waals surface area (Å²) < 4.78 is 0. The number of fused-ring (bicyclic) bond motifs is 2. The van der Waals surface area contributed by atoms with Crippen molar-refractivity contribution < 1.29 is 4.79 Å². The molecule has 0 bridgehead atoms. The lowest BCUT2D eigenvalue weighted by Gasteiger charge is -2.13. The molecule has 1 aromatic heterocycles. The lowest BCUT2D eigenvalue weighted by atomic mass is 9.98. The van der Waals surface area contributed by atoms with Crippen LogP contribution in [0.4, 0.5) is 11.4 Å². The first-order valence-corrected chi connectivity index (χ1v) is 7.75. The molecule has 0 fully saturated rings. The summed E-state index contributed by atoms with van der Waals surface area (Å²) in [4.78, 5) is 13.7. The average Bonchev–Trinajstić information content (AvgIpc) is 2.95. The second-order valence-electron chi connectivity index (χ2n) is 6.04. The van der Waals surface area contributed by atoms with Crippen molar-refractivity contribution in [3.63, 3.8) is 0 Å². The number of carbonyl (C=O) groups excluding carboxylic acids is 1. The van der Waals surface area contributed by atoms with E-state index in [2.05, 4.69) is 40.3 Å². The third-order valence-corrected chi connectivity index (χ3v) is 4.58. The van der Waals surface area contributed by atoms with Gasteiger partial charge in [0.25, 0.3) is 5.91 Å². The maximum Gasteiger partial charge on any atom is 0.271 e. The lowest BCUT2D eigenvalue weighted by Crippen LogP contribution is -2.16. The van der Waals surface area contributed by atoms with Crippen LogP contribution in [0.25, 0.3) is 22.0 Å². The van der Waals surface area contributed by atoms with E-state index in [-0.39, 0.29) is 11.4 Å². The molecule has 3 aromatic rings. The number of nitrogen functional groups attached to an aromatic ring is 1. The molecule has 6 heteroatoms. The Hall–Kier alpha value is -3.15. The Morgan fingerprint density at radius 1 is 1.21 bits per heavy atom. The van der Waals surface area contributed by atoms with Crippen molar-refractivity contribution in [2.75, 3.05) is 24.2 Å². The van der Waals surface area contributed by atoms with Gasteiger partial charge in [-0.2, -0.15) is 0 Å². The molecule has 120 valence electrons. The topological polar surface area (TPSA) is 98.1 Å². The highest BCUT2D eigenvalue weighted by atomic mass is 16.1. The number of benzene rings is 2. The number of primary amides is 1. The summed E-state index contributed by atoms with van der Waals surface area (Å²) in [5, 5.41) is 8.81. The summed E-state index contributed by atoms with van der Waals surface area (Å²) in [7, 11) is 2.10. The van der Waals surface area contributed by atoms with Crippen LogP contribution < -0.4 is 16.4 Å². The Bertz CT molecular complexity index is 983. The zero-order chi connectivity index (χ0) is 16.8. The van der Waals surface area contributed by atoms with Crippen LogP contribution in [0.1, 0.15) is 16.1 Å². The second kappa shape index (κ2) is 5.19. The fourth-order valence-corrected chi connectivity index (χ4v) is 3.30. The second-order valence-corrected chi connectivity index (χ2v) is 6.04. The molecule has 0 aliphatic carbocycles. The molecule has 0 unspecified atom stereocenters. The quantitative estimate of drug-likeness (QED) is 0.752. The van der Waals surface area contributed by atoms with Gasteiger partial charge in [0, 0.05) is 30.2 Å². The van der Waals surface area contributed by atoms with E-state index in [0.717, 1.165) is 24.1 Å². The van der Waals surface area contributed by atoms with Crippen molar-refractivity contribution in [1.29, 1.82) is 0 Å². The molecule has 0 saturated carbocycles. The monoisotopic (exact) mass is 319 g/mol. The number of anilines is 2. The Morgan fingerprint density at radius 3 is 2.83 bits per heavy atom. The summed E-state index contributed by atoms with van der Waals surface area (Å²) in [6.45, 7) is 1.03. The third-order valence-electron chi connectivity index (χ3n) is 4.58. The molecular formula is C18H17N5O. The minimum absolute atomic E-state index is 0.00947. The predicted octanol–water partition coefficient (Wildman–Crippen LogP) is 1.97. The Kier molecular flexibility index (Phi) is 3.13. The number of likely N-dealkylation sites (N-methyl/N-ethyl adjacent to an activating group) is 1. The molecule has 0 radical (unpaired) electrons. The molecule has 4 rings (SSSR count). The number of nitrogens with zero attached hydrogens (tertiary/aromatic N) is 3. The van der Waals surface area contributed by atoms with Crippen molar-refractivity contribution in [1.82, 2.24) is 10.2 Å². The molecule has 1 aliphatic rings. The minimum Gasteiger partial charge on any atom is -0.396 e. The van der Waals surface area contributed by atoms with E-state index < -0.39 is 5.91 Å². The van der Waals surface area contributed by atoms with E-state index in [9.17, 15) is 4.79 Å². The largest absolute Gasteiger partial charge is 0.396 e. The van der Waals surface area contributed by atoms with E-state index in [1.54, 1.807) is 0 Å². The van der Waals surface area contributed by atoms with E-state index in [1.807, 2.05) is 18.2 Å². The van der Waals surface area contributed by atoms with E-state index in [4.69, 9.17) is 11.5 Å². The SMILES string of the molecule is CN1CCc2cc(-c3cccc4c(N)c(C(N)=O)nnc34)ccc21. The molecule has 2 heterocycles. The number of hydrogen-bond acceptors (Lipinski definition) is 5. The van der Waals surface area contributed by atoms with Gasteiger partial charge in [-0.3, -0.25) is 4.79 Å². The van der Waals surface area contributed by atoms with Crippen molar-refractivity contribution in [2.24, 2.45) is 5.73 Å². The first-order chi connectivity index (χ1) is 11.6. The van der Waals surface area contributed by atoms with Gasteiger partial charge >= 0.3 is 0 Å². The van der Waals surface area contributed by atoms with Crippen molar-refractivity contribution in [2.45, 2.75) is 6.42 Å². The van der Waals surface area contributed by atoms with E-state index in [0.29, 0.717) is 10.9 Å². The Morgan fingerprint density at radius 2 is 2.04 bits per heavy atom. The van der Waals surface area contributed by atoms with Gasteiger partial charge in [0.1, 0.15) is 5.52 Å². The number of amides is 1. The van der Waals surface area contributed by atoms with Crippen molar-refractivity contribution in [3.8, 4) is 11.1 Å². The first kappa shape index (κ1) is 14.4. The summed E-state index contributed by atoms with van der Waals surface area (Å²) in [5.74, 6) is -0.673. The molecule has 4 N–H and O–H groups in total. The van der Waals surface area contributed by atoms with Crippen LogP contribution in [0.15, 0.2) is 36.4 Å². The number of aromatic nitrogens is 2. The highest BCUT2D eigenvalue weighted by molar-refractivity contribution is 6.07. The van der Waals surface area contributed by atoms with Gasteiger partial charge in [0.2, 0.25) is 0 Å². The maximum absolute atomic E-state index is 11.4. The van der Waals surface area contributed by atoms with Crippen LogP contribution in [0, 0.1) is 0 Å². The smallest absolute Gasteiger partial charge is 0.271 e. The molecule has 6 nitrogen and oxygen atoms in total. The molecule has 1 aliphatic heterocycles. The van der Waals surface area contributed by atoms with Crippen molar-refractivity contribution >= 4 is 28.2 Å². The van der Waals surface area contributed by atoms with Crippen LogP contribution in [-0.4, -0.2) is 29.7 Å². The highest BCUT2D eigenvalue weighted by Gasteiger charge is 2.18. The van der Waals surface area contributed by atoms with Gasteiger partial charge in [-0.25, -0.2) is 0 Å². The number of rotatable bonds is 2. The predicted molar refractivity (Wildman–Crippen MR) is 94.9 cm³/mol. The molecule has 0 spiro atoms. The highest BCUT2D eigenvalue weighted by Crippen LogP contribution is 2.35. The molecule has 1 amide bonds. The van der Waals surface area contributed by atoms with Gasteiger partial charge in [-0.15, -0.1) is 10.2 Å². The molecule has 0 atom stereocenters. The van der Waals surface area contributed by atoms with Gasteiger partial charge in [-0.1, -0.05) is 24.3 Å².